The van der Waals surface area contributed by atoms with Crippen molar-refractivity contribution in [3.05, 3.63) is 46.2 Å². The molecule has 0 unspecified atom stereocenters. The molecule has 0 aliphatic carbocycles. The molecule has 0 fully saturated rings. The summed E-state index contributed by atoms with van der Waals surface area (Å²) in [4.78, 5) is -0.576. The number of hydrogen-bond donors (Lipinski definition) is 1. The second-order valence-electron chi connectivity index (χ2n) is 5.03. The molecule has 0 saturated heterocycles. The Morgan fingerprint density at radius 3 is 2.57 bits per heavy atom. The lowest BCUT2D eigenvalue weighted by molar-refractivity contribution is 0.531. The molecule has 1 N–H and O–H groups in total. The van der Waals surface area contributed by atoms with E-state index >= 15 is 0 Å². The van der Waals surface area contributed by atoms with Gasteiger partial charge in [-0.2, -0.15) is 5.10 Å². The van der Waals surface area contributed by atoms with Crippen LogP contribution < -0.4 is 4.72 Å². The predicted octanol–water partition coefficient (Wildman–Crippen LogP) is 2.80. The van der Waals surface area contributed by atoms with E-state index < -0.39 is 26.6 Å². The number of nitrogens with one attached hydrogen (secondary N) is 1. The van der Waals surface area contributed by atoms with Gasteiger partial charge in [0.05, 0.1) is 16.4 Å². The van der Waals surface area contributed by atoms with E-state index in [1.54, 1.807) is 11.6 Å². The smallest absolute Gasteiger partial charge is 0.243 e. The SMILES string of the molecule is Cc1nn(CCCNS(=O)(=O)c2ccc(F)cc2F)c(C)c1Cl. The van der Waals surface area contributed by atoms with Gasteiger partial charge in [-0.25, -0.2) is 21.9 Å². The van der Waals surface area contributed by atoms with Crippen molar-refractivity contribution in [2.75, 3.05) is 6.54 Å². The van der Waals surface area contributed by atoms with E-state index in [1.807, 2.05) is 6.92 Å². The standard InChI is InChI=1S/C14H16ClF2N3O2S/c1-9-14(15)10(2)20(19-9)7-3-6-18-23(21,22)13-5-4-11(16)8-12(13)17/h4-5,8,18H,3,6-7H2,1-2H3. The van der Waals surface area contributed by atoms with E-state index in [1.165, 1.54) is 0 Å². The van der Waals surface area contributed by atoms with E-state index in [0.717, 1.165) is 17.8 Å². The number of sulfonamides is 1. The quantitative estimate of drug-likeness (QED) is 0.803. The first kappa shape index (κ1) is 17.8. The predicted molar refractivity (Wildman–Crippen MR) is 82.9 cm³/mol. The molecule has 0 radical (unpaired) electrons. The average molecular weight is 364 g/mol. The zero-order chi connectivity index (χ0) is 17.2. The summed E-state index contributed by atoms with van der Waals surface area (Å²) in [6.45, 7) is 4.16. The van der Waals surface area contributed by atoms with E-state index in [9.17, 15) is 17.2 Å². The van der Waals surface area contributed by atoms with E-state index in [2.05, 4.69) is 9.82 Å². The summed E-state index contributed by atoms with van der Waals surface area (Å²) in [5, 5.41) is 4.81. The Hall–Kier alpha value is -1.51. The second kappa shape index (κ2) is 6.94. The van der Waals surface area contributed by atoms with Crippen molar-refractivity contribution in [3.63, 3.8) is 0 Å². The number of hydrogen-bond acceptors (Lipinski definition) is 3. The van der Waals surface area contributed by atoms with Crippen molar-refractivity contribution < 1.29 is 17.2 Å². The van der Waals surface area contributed by atoms with E-state index in [0.29, 0.717) is 29.7 Å². The van der Waals surface area contributed by atoms with Gasteiger partial charge < -0.3 is 0 Å². The Kier molecular flexibility index (Phi) is 5.38. The summed E-state index contributed by atoms with van der Waals surface area (Å²) in [6.07, 6.45) is 0.445. The summed E-state index contributed by atoms with van der Waals surface area (Å²) < 4.78 is 54.3. The zero-order valence-corrected chi connectivity index (χ0v) is 14.2. The second-order valence-corrected chi connectivity index (χ2v) is 7.15. The van der Waals surface area contributed by atoms with Crippen molar-refractivity contribution >= 4 is 21.6 Å². The Labute approximate surface area is 138 Å². The van der Waals surface area contributed by atoms with Crippen LogP contribution in [-0.4, -0.2) is 24.7 Å². The van der Waals surface area contributed by atoms with Crippen molar-refractivity contribution in [1.29, 1.82) is 0 Å². The summed E-state index contributed by atoms with van der Waals surface area (Å²) >= 11 is 6.03. The molecule has 5 nitrogen and oxygen atoms in total. The van der Waals surface area contributed by atoms with Gasteiger partial charge in [0.2, 0.25) is 10.0 Å². The molecule has 0 aliphatic heterocycles. The first-order valence-electron chi connectivity index (χ1n) is 6.86. The van der Waals surface area contributed by atoms with Crippen LogP contribution in [0.15, 0.2) is 23.1 Å². The zero-order valence-electron chi connectivity index (χ0n) is 12.6. The third-order valence-electron chi connectivity index (χ3n) is 3.32. The van der Waals surface area contributed by atoms with Gasteiger partial charge in [0.1, 0.15) is 16.5 Å². The molecule has 0 bridgehead atoms. The Morgan fingerprint density at radius 1 is 1.30 bits per heavy atom. The van der Waals surface area contributed by atoms with Crippen molar-refractivity contribution in [2.45, 2.75) is 31.7 Å². The highest BCUT2D eigenvalue weighted by Crippen LogP contribution is 2.19. The largest absolute Gasteiger partial charge is 0.268 e. The molecule has 0 saturated carbocycles. The molecule has 1 heterocycles. The fourth-order valence-electron chi connectivity index (χ4n) is 2.10. The molecular formula is C14H16ClF2N3O2S. The Morgan fingerprint density at radius 2 is 2.00 bits per heavy atom. The first-order chi connectivity index (χ1) is 10.7. The molecule has 2 aromatic rings. The van der Waals surface area contributed by atoms with Gasteiger partial charge in [-0.1, -0.05) is 11.6 Å². The highest BCUT2D eigenvalue weighted by molar-refractivity contribution is 7.89. The van der Waals surface area contributed by atoms with Gasteiger partial charge in [0, 0.05) is 19.2 Å². The molecule has 126 valence electrons. The molecule has 23 heavy (non-hydrogen) atoms. The molecule has 2 rings (SSSR count). The van der Waals surface area contributed by atoms with Gasteiger partial charge >= 0.3 is 0 Å². The molecular weight excluding hydrogens is 348 g/mol. The van der Waals surface area contributed by atoms with Crippen LogP contribution in [0.5, 0.6) is 0 Å². The third-order valence-corrected chi connectivity index (χ3v) is 5.36. The monoisotopic (exact) mass is 363 g/mol. The molecule has 0 atom stereocenters. The Bertz CT molecular complexity index is 822. The topological polar surface area (TPSA) is 64.0 Å². The van der Waals surface area contributed by atoms with Gasteiger partial charge in [-0.05, 0) is 32.4 Å². The van der Waals surface area contributed by atoms with Crippen molar-refractivity contribution in [2.24, 2.45) is 0 Å². The van der Waals surface area contributed by atoms with Crippen molar-refractivity contribution in [1.82, 2.24) is 14.5 Å². The summed E-state index contributed by atoms with van der Waals surface area (Å²) in [5.41, 5.74) is 1.51. The van der Waals surface area contributed by atoms with Gasteiger partial charge in [-0.3, -0.25) is 4.68 Å². The highest BCUT2D eigenvalue weighted by atomic mass is 35.5. The fraction of sp³-hybridized carbons (Fsp3) is 0.357. The normalized spacial score (nSPS) is 11.9. The van der Waals surface area contributed by atoms with Crippen LogP contribution in [-0.2, 0) is 16.6 Å². The fourth-order valence-corrected chi connectivity index (χ4v) is 3.37. The van der Waals surface area contributed by atoms with E-state index in [-0.39, 0.29) is 6.54 Å². The minimum absolute atomic E-state index is 0.0924. The Balaban J connectivity index is 1.96. The van der Waals surface area contributed by atoms with Crippen molar-refractivity contribution in [3.8, 4) is 0 Å². The maximum Gasteiger partial charge on any atom is 0.243 e. The van der Waals surface area contributed by atoms with Crippen LogP contribution in [0.4, 0.5) is 8.78 Å². The molecule has 9 heteroatoms. The lowest BCUT2D eigenvalue weighted by Gasteiger charge is -2.08. The van der Waals surface area contributed by atoms with Crippen LogP contribution >= 0.6 is 11.6 Å². The number of rotatable bonds is 6. The lowest BCUT2D eigenvalue weighted by Crippen LogP contribution is -2.26. The summed E-state index contributed by atoms with van der Waals surface area (Å²) in [6, 6.07) is 2.33. The molecule has 1 aromatic heterocycles. The van der Waals surface area contributed by atoms with Crippen LogP contribution in [0.1, 0.15) is 17.8 Å². The van der Waals surface area contributed by atoms with Crippen LogP contribution in [0.3, 0.4) is 0 Å². The van der Waals surface area contributed by atoms with Gasteiger partial charge in [0.25, 0.3) is 0 Å². The van der Waals surface area contributed by atoms with E-state index in [4.69, 9.17) is 11.6 Å². The minimum atomic E-state index is -4.02. The average Bonchev–Trinajstić information content (AvgIpc) is 2.70. The first-order valence-corrected chi connectivity index (χ1v) is 8.72. The molecule has 0 spiro atoms. The maximum absolute atomic E-state index is 13.5. The summed E-state index contributed by atoms with van der Waals surface area (Å²) in [5.74, 6) is -1.95. The minimum Gasteiger partial charge on any atom is -0.268 e. The number of benzene rings is 1. The molecule has 0 amide bonds. The van der Waals surface area contributed by atoms with Gasteiger partial charge in [0.15, 0.2) is 0 Å². The van der Waals surface area contributed by atoms with Crippen LogP contribution in [0, 0.1) is 25.5 Å². The summed E-state index contributed by atoms with van der Waals surface area (Å²) in [7, 11) is -4.02. The van der Waals surface area contributed by atoms with Crippen LogP contribution in [0.25, 0.3) is 0 Å². The number of halogens is 3. The lowest BCUT2D eigenvalue weighted by atomic mass is 10.3. The number of nitrogens with zero attached hydrogens (tertiary/aromatic N) is 2. The number of aromatic nitrogens is 2. The highest BCUT2D eigenvalue weighted by Gasteiger charge is 2.19. The number of aryl methyl sites for hydroxylation is 2. The maximum atomic E-state index is 13.5. The third kappa shape index (κ3) is 4.07. The molecule has 1 aromatic carbocycles. The van der Waals surface area contributed by atoms with Gasteiger partial charge in [-0.15, -0.1) is 0 Å². The van der Waals surface area contributed by atoms with Crippen LogP contribution in [0.2, 0.25) is 5.02 Å². The molecule has 0 aliphatic rings.